The van der Waals surface area contributed by atoms with E-state index < -0.39 is 74.9 Å². The molecule has 0 bridgehead atoms. The molecule has 0 aliphatic carbocycles. The smallest absolute Gasteiger partial charge is 0.430 e. The number of rotatable bonds is 7. The van der Waals surface area contributed by atoms with Crippen LogP contribution in [0.2, 0.25) is 0 Å². The van der Waals surface area contributed by atoms with Crippen molar-refractivity contribution in [3.63, 3.8) is 0 Å². The Morgan fingerprint density at radius 3 is 2.34 bits per heavy atom. The Kier molecular flexibility index (Phi) is 8.64. The first-order chi connectivity index (χ1) is 17.7. The van der Waals surface area contributed by atoms with Gasteiger partial charge in [0, 0.05) is 29.6 Å². The van der Waals surface area contributed by atoms with Crippen LogP contribution in [-0.4, -0.2) is 36.3 Å². The molecule has 38 heavy (non-hydrogen) atoms. The van der Waals surface area contributed by atoms with Crippen molar-refractivity contribution in [3.05, 3.63) is 69.8 Å². The fourth-order valence-corrected chi connectivity index (χ4v) is 5.07. The van der Waals surface area contributed by atoms with Crippen LogP contribution < -0.4 is 14.4 Å². The van der Waals surface area contributed by atoms with Crippen LogP contribution in [0.1, 0.15) is 31.9 Å². The van der Waals surface area contributed by atoms with Crippen LogP contribution in [0.3, 0.4) is 0 Å². The maximum atomic E-state index is 15.0. The number of hydrogen-bond acceptors (Lipinski definition) is 9. The lowest BCUT2D eigenvalue weighted by atomic mass is 10.1. The molecular formula is C23H22F3N3O7S2. The molecule has 15 heteroatoms. The Morgan fingerprint density at radius 1 is 1.13 bits per heavy atom. The number of hydrogen-bond donors (Lipinski definition) is 2. The molecule has 204 valence electrons. The maximum Gasteiger partial charge on any atom is 0.430 e. The Labute approximate surface area is 219 Å². The number of nitrogens with zero attached hydrogens (tertiary/aromatic N) is 2. The molecular weight excluding hydrogens is 551 g/mol. The average Bonchev–Trinajstić information content (AvgIpc) is 3.29. The van der Waals surface area contributed by atoms with Gasteiger partial charge in [0.25, 0.3) is 10.0 Å². The Hall–Kier alpha value is -3.69. The van der Waals surface area contributed by atoms with E-state index in [2.05, 4.69) is 10.3 Å². The molecule has 1 aromatic heterocycles. The van der Waals surface area contributed by atoms with Crippen molar-refractivity contribution in [3.8, 4) is 5.75 Å². The van der Waals surface area contributed by atoms with Crippen molar-refractivity contribution < 1.29 is 45.8 Å². The molecule has 3 rings (SSSR count). The van der Waals surface area contributed by atoms with Crippen LogP contribution in [0.25, 0.3) is 0 Å². The van der Waals surface area contributed by atoms with Gasteiger partial charge in [0.2, 0.25) is 0 Å². The quantitative estimate of drug-likeness (QED) is 0.423. The number of carbonyl (C=O) groups excluding carboxylic acids is 2. The third kappa shape index (κ3) is 6.59. The zero-order valence-electron chi connectivity index (χ0n) is 20.2. The molecule has 2 amide bonds. The van der Waals surface area contributed by atoms with Gasteiger partial charge in [-0.3, -0.25) is 0 Å². The van der Waals surface area contributed by atoms with Gasteiger partial charge in [-0.25, -0.2) is 36.2 Å². The molecule has 0 aliphatic rings. The van der Waals surface area contributed by atoms with Crippen LogP contribution in [0, 0.1) is 17.5 Å². The van der Waals surface area contributed by atoms with Gasteiger partial charge in [-0.15, -0.1) is 15.6 Å². The fourth-order valence-electron chi connectivity index (χ4n) is 3.11. The number of halogens is 3. The van der Waals surface area contributed by atoms with Crippen LogP contribution >= 0.6 is 11.3 Å². The first-order valence-electron chi connectivity index (χ1n) is 10.7. The van der Waals surface area contributed by atoms with Gasteiger partial charge >= 0.3 is 12.2 Å². The summed E-state index contributed by atoms with van der Waals surface area (Å²) in [6, 6.07) is 4.75. The first-order valence-corrected chi connectivity index (χ1v) is 13.1. The standard InChI is InChI=1S/C23H22F3N3O7S2/c1-23(2,3)36-22(32)29(19-11-37-12-28-19)38(33,34)20-17(25)7-14(8-18(20)26)35-21(31)27-9-15-13(10-30)5-4-6-16(15)24/h4-8,11-12,30H,9-10H2,1-3H3,(H,27,31). The number of aliphatic hydroxyl groups excluding tert-OH is 1. The number of carbonyl (C=O) groups is 2. The maximum absolute atomic E-state index is 15.0. The molecule has 0 saturated heterocycles. The zero-order chi connectivity index (χ0) is 28.3. The topological polar surface area (TPSA) is 135 Å². The highest BCUT2D eigenvalue weighted by atomic mass is 32.2. The number of thiazole rings is 1. The Balaban J connectivity index is 1.86. The minimum Gasteiger partial charge on any atom is -0.443 e. The molecule has 0 fully saturated rings. The van der Waals surface area contributed by atoms with Gasteiger partial charge in [-0.05, 0) is 32.4 Å². The molecule has 2 aromatic carbocycles. The number of sulfonamides is 1. The van der Waals surface area contributed by atoms with Gasteiger partial charge in [-0.1, -0.05) is 12.1 Å². The van der Waals surface area contributed by atoms with Gasteiger partial charge in [-0.2, -0.15) is 0 Å². The predicted octanol–water partition coefficient (Wildman–Crippen LogP) is 4.47. The van der Waals surface area contributed by atoms with E-state index in [0.717, 1.165) is 22.8 Å². The van der Waals surface area contributed by atoms with E-state index in [4.69, 9.17) is 9.47 Å². The summed E-state index contributed by atoms with van der Waals surface area (Å²) in [5.74, 6) is -5.22. The summed E-state index contributed by atoms with van der Waals surface area (Å²) in [6.45, 7) is 3.47. The van der Waals surface area contributed by atoms with Crippen LogP contribution in [0.5, 0.6) is 5.75 Å². The van der Waals surface area contributed by atoms with Crippen LogP contribution in [0.4, 0.5) is 28.6 Å². The molecule has 0 aliphatic heterocycles. The largest absolute Gasteiger partial charge is 0.443 e. The van der Waals surface area contributed by atoms with E-state index in [0.29, 0.717) is 12.1 Å². The lowest BCUT2D eigenvalue weighted by Gasteiger charge is -2.25. The van der Waals surface area contributed by atoms with Crippen molar-refractivity contribution in [2.45, 2.75) is 44.4 Å². The summed E-state index contributed by atoms with van der Waals surface area (Å²) in [4.78, 5) is 27.1. The number of aromatic nitrogens is 1. The van der Waals surface area contributed by atoms with E-state index >= 15 is 0 Å². The van der Waals surface area contributed by atoms with Crippen LogP contribution in [0.15, 0.2) is 46.1 Å². The molecule has 0 spiro atoms. The SMILES string of the molecule is CC(C)(C)OC(=O)N(c1cscn1)S(=O)(=O)c1c(F)cc(OC(=O)NCc2c(F)cccc2CO)cc1F. The van der Waals surface area contributed by atoms with Gasteiger partial charge in [0.1, 0.15) is 28.8 Å². The lowest BCUT2D eigenvalue weighted by Crippen LogP contribution is -2.41. The second-order valence-corrected chi connectivity index (χ2v) is 11.0. The lowest BCUT2D eigenvalue weighted by molar-refractivity contribution is 0.0608. The number of nitrogens with one attached hydrogen (secondary N) is 1. The normalized spacial score (nSPS) is 11.7. The molecule has 0 atom stereocenters. The molecule has 0 saturated carbocycles. The van der Waals surface area contributed by atoms with E-state index in [1.807, 2.05) is 0 Å². The number of benzene rings is 2. The van der Waals surface area contributed by atoms with Crippen molar-refractivity contribution in [1.29, 1.82) is 0 Å². The minimum absolute atomic E-state index is 0.0244. The summed E-state index contributed by atoms with van der Waals surface area (Å²) in [6.07, 6.45) is -2.69. The van der Waals surface area contributed by atoms with Gasteiger partial charge in [0.05, 0.1) is 12.1 Å². The average molecular weight is 574 g/mol. The van der Waals surface area contributed by atoms with Crippen LogP contribution in [-0.2, 0) is 27.9 Å². The van der Waals surface area contributed by atoms with Crippen molar-refractivity contribution in [2.75, 3.05) is 4.31 Å². The van der Waals surface area contributed by atoms with E-state index in [-0.39, 0.29) is 15.4 Å². The number of anilines is 1. The number of aliphatic hydroxyl groups is 1. The second kappa shape index (κ2) is 11.4. The highest BCUT2D eigenvalue weighted by Gasteiger charge is 2.39. The fraction of sp³-hybridized carbons (Fsp3) is 0.261. The molecule has 10 nitrogen and oxygen atoms in total. The molecule has 1 heterocycles. The minimum atomic E-state index is -5.23. The monoisotopic (exact) mass is 573 g/mol. The van der Waals surface area contributed by atoms with Crippen molar-refractivity contribution >= 4 is 39.4 Å². The zero-order valence-corrected chi connectivity index (χ0v) is 21.8. The molecule has 3 aromatic rings. The number of amides is 2. The van der Waals surface area contributed by atoms with Gasteiger partial charge in [0.15, 0.2) is 10.7 Å². The number of ether oxygens (including phenoxy) is 2. The van der Waals surface area contributed by atoms with E-state index in [1.165, 1.54) is 38.4 Å². The summed E-state index contributed by atoms with van der Waals surface area (Å²) in [7, 11) is -5.23. The highest BCUT2D eigenvalue weighted by molar-refractivity contribution is 7.93. The van der Waals surface area contributed by atoms with Gasteiger partial charge < -0.3 is 19.9 Å². The highest BCUT2D eigenvalue weighted by Crippen LogP contribution is 2.31. The third-order valence-electron chi connectivity index (χ3n) is 4.66. The molecule has 2 N–H and O–H groups in total. The Bertz CT molecular complexity index is 1420. The summed E-state index contributed by atoms with van der Waals surface area (Å²) in [5, 5.41) is 12.6. The van der Waals surface area contributed by atoms with E-state index in [9.17, 15) is 36.3 Å². The Morgan fingerprint density at radius 2 is 1.79 bits per heavy atom. The molecule has 0 unspecified atom stereocenters. The molecule has 0 radical (unpaired) electrons. The predicted molar refractivity (Wildman–Crippen MR) is 130 cm³/mol. The summed E-state index contributed by atoms with van der Waals surface area (Å²) < 4.78 is 80.3. The summed E-state index contributed by atoms with van der Waals surface area (Å²) in [5.41, 5.74) is 0.223. The first kappa shape index (κ1) is 28.9. The third-order valence-corrected chi connectivity index (χ3v) is 6.96. The second-order valence-electron chi connectivity index (χ2n) is 8.59. The summed E-state index contributed by atoms with van der Waals surface area (Å²) >= 11 is 0.924. The van der Waals surface area contributed by atoms with Crippen molar-refractivity contribution in [2.24, 2.45) is 0 Å². The van der Waals surface area contributed by atoms with Crippen molar-refractivity contribution in [1.82, 2.24) is 10.3 Å². The van der Waals surface area contributed by atoms with E-state index in [1.54, 1.807) is 0 Å².